The van der Waals surface area contributed by atoms with Crippen LogP contribution < -0.4 is 15.0 Å². The van der Waals surface area contributed by atoms with Crippen molar-refractivity contribution in [3.8, 4) is 17.2 Å². The number of rotatable bonds is 8. The minimum absolute atomic E-state index is 0.135. The van der Waals surface area contributed by atoms with Crippen LogP contribution in [0.3, 0.4) is 0 Å². The molecule has 0 amide bonds. The van der Waals surface area contributed by atoms with Gasteiger partial charge >= 0.3 is 0 Å². The predicted molar refractivity (Wildman–Crippen MR) is 125 cm³/mol. The fourth-order valence-corrected chi connectivity index (χ4v) is 4.53. The Kier molecular flexibility index (Phi) is 6.60. The van der Waals surface area contributed by atoms with Gasteiger partial charge in [-0.15, -0.1) is 0 Å². The van der Waals surface area contributed by atoms with Gasteiger partial charge in [0.25, 0.3) is 5.56 Å². The van der Waals surface area contributed by atoms with E-state index in [0.717, 1.165) is 44.5 Å². The molecule has 0 saturated carbocycles. The number of benzene rings is 2. The summed E-state index contributed by atoms with van der Waals surface area (Å²) in [5.41, 5.74) is 0.255. The number of fused-ring (bicyclic) bond motifs is 1. The highest BCUT2D eigenvalue weighted by molar-refractivity contribution is 5.83. The molecule has 0 radical (unpaired) electrons. The number of halogens is 1. The van der Waals surface area contributed by atoms with Crippen molar-refractivity contribution in [3.05, 3.63) is 64.8 Å². The topological polar surface area (TPSA) is 52.9 Å². The molecule has 0 N–H and O–H groups in total. The largest absolute Gasteiger partial charge is 0.491 e. The Morgan fingerprint density at radius 2 is 1.91 bits per heavy atom. The second kappa shape index (κ2) is 9.93. The zero-order valence-corrected chi connectivity index (χ0v) is 18.7. The van der Waals surface area contributed by atoms with Crippen LogP contribution in [0, 0.1) is 5.82 Å². The van der Waals surface area contributed by atoms with E-state index in [4.69, 9.17) is 14.2 Å². The third kappa shape index (κ3) is 5.04. The molecule has 5 rings (SSSR count). The lowest BCUT2D eigenvalue weighted by Crippen LogP contribution is -2.25. The summed E-state index contributed by atoms with van der Waals surface area (Å²) in [6, 6.07) is 11.9. The second-order valence-corrected chi connectivity index (χ2v) is 8.70. The van der Waals surface area contributed by atoms with Gasteiger partial charge in [0.15, 0.2) is 11.6 Å². The number of aromatic nitrogens is 1. The normalized spacial score (nSPS) is 18.8. The van der Waals surface area contributed by atoms with Gasteiger partial charge in [0.2, 0.25) is 0 Å². The van der Waals surface area contributed by atoms with Crippen LogP contribution in [0.4, 0.5) is 4.39 Å². The van der Waals surface area contributed by atoms with E-state index in [9.17, 15) is 9.18 Å². The van der Waals surface area contributed by atoms with Crippen LogP contribution in [0.1, 0.15) is 25.7 Å². The van der Waals surface area contributed by atoms with Crippen LogP contribution in [0.5, 0.6) is 11.5 Å². The third-order valence-electron chi connectivity index (χ3n) is 6.39. The predicted octanol–water partition coefficient (Wildman–Crippen LogP) is 4.16. The molecule has 3 aromatic rings. The zero-order chi connectivity index (χ0) is 22.6. The van der Waals surface area contributed by atoms with E-state index in [0.29, 0.717) is 30.0 Å². The maximum absolute atomic E-state index is 14.7. The van der Waals surface area contributed by atoms with Gasteiger partial charge in [-0.3, -0.25) is 14.3 Å². The molecular weight excluding hydrogens is 423 g/mol. The van der Waals surface area contributed by atoms with Crippen molar-refractivity contribution in [1.29, 1.82) is 0 Å². The second-order valence-electron chi connectivity index (χ2n) is 8.70. The monoisotopic (exact) mass is 452 g/mol. The molecule has 2 saturated heterocycles. The Balaban J connectivity index is 1.29. The fourth-order valence-electron chi connectivity index (χ4n) is 4.53. The van der Waals surface area contributed by atoms with Crippen LogP contribution in [-0.4, -0.2) is 55.0 Å². The van der Waals surface area contributed by atoms with E-state index >= 15 is 0 Å². The molecule has 2 aliphatic rings. The van der Waals surface area contributed by atoms with Crippen LogP contribution in [-0.2, 0) is 4.74 Å². The Morgan fingerprint density at radius 3 is 2.70 bits per heavy atom. The Labute approximate surface area is 192 Å². The van der Waals surface area contributed by atoms with Crippen LogP contribution in [0.2, 0.25) is 0 Å². The van der Waals surface area contributed by atoms with Crippen molar-refractivity contribution in [3.63, 3.8) is 0 Å². The van der Waals surface area contributed by atoms with Crippen LogP contribution in [0.15, 0.2) is 53.5 Å². The summed E-state index contributed by atoms with van der Waals surface area (Å²) in [5, 5.41) is 1.33. The van der Waals surface area contributed by atoms with E-state index in [2.05, 4.69) is 4.90 Å². The van der Waals surface area contributed by atoms with Gasteiger partial charge in [-0.1, -0.05) is 0 Å². The summed E-state index contributed by atoms with van der Waals surface area (Å²) in [7, 11) is 0. The van der Waals surface area contributed by atoms with Gasteiger partial charge in [0, 0.05) is 30.8 Å². The van der Waals surface area contributed by atoms with Crippen molar-refractivity contribution >= 4 is 10.8 Å². The van der Waals surface area contributed by atoms with Gasteiger partial charge < -0.3 is 14.2 Å². The number of hydrogen-bond donors (Lipinski definition) is 0. The molecule has 3 heterocycles. The molecule has 33 heavy (non-hydrogen) atoms. The van der Waals surface area contributed by atoms with Crippen molar-refractivity contribution in [1.82, 2.24) is 9.47 Å². The lowest BCUT2D eigenvalue weighted by Gasteiger charge is -2.15. The number of likely N-dealkylation sites (tertiary alicyclic amines) is 1. The fraction of sp³-hybridized carbons (Fsp3) is 0.423. The van der Waals surface area contributed by atoms with E-state index < -0.39 is 5.82 Å². The van der Waals surface area contributed by atoms with Crippen molar-refractivity contribution in [2.75, 3.05) is 39.5 Å². The molecule has 0 unspecified atom stereocenters. The van der Waals surface area contributed by atoms with Crippen molar-refractivity contribution in [2.45, 2.75) is 31.8 Å². The highest BCUT2D eigenvalue weighted by Gasteiger charge is 2.16. The standard InChI is InChI=1S/C26H29FN2O4/c27-24-17-20(5-8-25(24)32-15-13-28-10-1-2-11-28)29-12-9-19-16-21(6-7-23(19)26(29)30)33-18-22-4-3-14-31-22/h5-9,12,16-17,22H,1-4,10-11,13-15,18H2/t22-/m0/s1. The molecule has 0 bridgehead atoms. The SMILES string of the molecule is O=c1c2ccc(OC[C@@H]3CCCO3)cc2ccn1-c1ccc(OCCN2CCCC2)c(F)c1. The van der Waals surface area contributed by atoms with Gasteiger partial charge in [-0.05, 0) is 80.6 Å². The van der Waals surface area contributed by atoms with Gasteiger partial charge in [-0.2, -0.15) is 0 Å². The number of nitrogens with zero attached hydrogens (tertiary/aromatic N) is 2. The average molecular weight is 453 g/mol. The van der Waals surface area contributed by atoms with Crippen molar-refractivity contribution < 1.29 is 18.6 Å². The lowest BCUT2D eigenvalue weighted by atomic mass is 10.1. The van der Waals surface area contributed by atoms with Crippen LogP contribution >= 0.6 is 0 Å². The molecular formula is C26H29FN2O4. The molecule has 174 valence electrons. The molecule has 2 fully saturated rings. The molecule has 1 aromatic heterocycles. The quantitative estimate of drug-likeness (QED) is 0.514. The van der Waals surface area contributed by atoms with E-state index in [-0.39, 0.29) is 17.4 Å². The summed E-state index contributed by atoms with van der Waals surface area (Å²) in [4.78, 5) is 15.4. The Hall–Kier alpha value is -2.90. The van der Waals surface area contributed by atoms with Gasteiger partial charge in [0.05, 0.1) is 11.8 Å². The summed E-state index contributed by atoms with van der Waals surface area (Å²) in [6.07, 6.45) is 6.31. The van der Waals surface area contributed by atoms with Gasteiger partial charge in [0.1, 0.15) is 19.0 Å². The van der Waals surface area contributed by atoms with E-state index in [1.165, 1.54) is 23.5 Å². The molecule has 2 aromatic carbocycles. The molecule has 1 atom stereocenters. The molecule has 2 aliphatic heterocycles. The Morgan fingerprint density at radius 1 is 1.03 bits per heavy atom. The van der Waals surface area contributed by atoms with Crippen LogP contribution in [0.25, 0.3) is 16.5 Å². The molecule has 7 heteroatoms. The zero-order valence-electron chi connectivity index (χ0n) is 18.7. The highest BCUT2D eigenvalue weighted by atomic mass is 19.1. The smallest absolute Gasteiger partial charge is 0.262 e. The summed E-state index contributed by atoms with van der Waals surface area (Å²) >= 11 is 0. The number of hydrogen-bond acceptors (Lipinski definition) is 5. The lowest BCUT2D eigenvalue weighted by molar-refractivity contribution is 0.0680. The summed E-state index contributed by atoms with van der Waals surface area (Å²) in [5.74, 6) is 0.440. The first kappa shape index (κ1) is 21.9. The number of pyridine rings is 1. The maximum atomic E-state index is 14.7. The third-order valence-corrected chi connectivity index (χ3v) is 6.39. The first-order chi connectivity index (χ1) is 16.2. The van der Waals surface area contributed by atoms with E-state index in [1.54, 1.807) is 30.5 Å². The van der Waals surface area contributed by atoms with Gasteiger partial charge in [-0.25, -0.2) is 4.39 Å². The summed E-state index contributed by atoms with van der Waals surface area (Å²) in [6.45, 7) is 4.70. The first-order valence-electron chi connectivity index (χ1n) is 11.7. The highest BCUT2D eigenvalue weighted by Crippen LogP contribution is 2.23. The minimum atomic E-state index is -0.473. The average Bonchev–Trinajstić information content (AvgIpc) is 3.53. The van der Waals surface area contributed by atoms with E-state index in [1.807, 2.05) is 12.1 Å². The van der Waals surface area contributed by atoms with Crippen molar-refractivity contribution in [2.24, 2.45) is 0 Å². The minimum Gasteiger partial charge on any atom is -0.491 e. The summed E-state index contributed by atoms with van der Waals surface area (Å²) < 4.78 is 33.2. The maximum Gasteiger partial charge on any atom is 0.262 e. The molecule has 0 aliphatic carbocycles. The Bertz CT molecular complexity index is 1170. The first-order valence-corrected chi connectivity index (χ1v) is 11.7. The molecule has 0 spiro atoms. The number of ether oxygens (including phenoxy) is 3. The molecule has 6 nitrogen and oxygen atoms in total.